The molecule has 1 unspecified atom stereocenters. The quantitative estimate of drug-likeness (QED) is 0.223. The predicted molar refractivity (Wildman–Crippen MR) is 156 cm³/mol. The van der Waals surface area contributed by atoms with Gasteiger partial charge in [0.1, 0.15) is 12.4 Å². The van der Waals surface area contributed by atoms with E-state index >= 15 is 0 Å². The number of anilines is 2. The molecule has 2 aromatic carbocycles. The normalized spacial score (nSPS) is 15.6. The van der Waals surface area contributed by atoms with E-state index in [2.05, 4.69) is 15.3 Å². The summed E-state index contributed by atoms with van der Waals surface area (Å²) in [4.78, 5) is 20.3. The van der Waals surface area contributed by atoms with Crippen molar-refractivity contribution in [2.75, 3.05) is 35.9 Å². The van der Waals surface area contributed by atoms with Crippen LogP contribution in [0.4, 0.5) is 11.5 Å². The zero-order chi connectivity index (χ0) is 29.0. The Kier molecular flexibility index (Phi) is 8.95. The molecule has 0 saturated carbocycles. The lowest BCUT2D eigenvalue weighted by atomic mass is 10.2. The van der Waals surface area contributed by atoms with E-state index in [4.69, 9.17) is 32.7 Å². The maximum absolute atomic E-state index is 13.4. The summed E-state index contributed by atoms with van der Waals surface area (Å²) in [5, 5.41) is 13.6. The molecule has 5 rings (SSSR count). The SMILES string of the molecule is O=C(O)CN(c1ccc2c(ccn2-c2cnc(NCCOC3CCCCO3)cn2)c1)S(=O)(=O)c1cc(Cl)cc(Cl)c1. The second-order valence-electron chi connectivity index (χ2n) is 9.29. The van der Waals surface area contributed by atoms with Crippen LogP contribution in [0.25, 0.3) is 16.7 Å². The van der Waals surface area contributed by atoms with Crippen LogP contribution in [-0.4, -0.2) is 66.6 Å². The number of hydrogen-bond donors (Lipinski definition) is 2. The number of nitrogens with zero attached hydrogens (tertiary/aromatic N) is 4. The van der Waals surface area contributed by atoms with Gasteiger partial charge in [0.25, 0.3) is 10.0 Å². The third-order valence-corrected chi connectivity index (χ3v) is 8.59. The topological polar surface area (TPSA) is 136 Å². The summed E-state index contributed by atoms with van der Waals surface area (Å²) in [6.45, 7) is 0.980. The summed E-state index contributed by atoms with van der Waals surface area (Å²) in [5.74, 6) is -0.178. The van der Waals surface area contributed by atoms with Crippen LogP contribution >= 0.6 is 23.2 Å². The first kappa shape index (κ1) is 29.1. The van der Waals surface area contributed by atoms with Gasteiger partial charge in [-0.25, -0.2) is 18.4 Å². The molecule has 4 aromatic rings. The maximum atomic E-state index is 13.4. The molecule has 216 valence electrons. The summed E-state index contributed by atoms with van der Waals surface area (Å²) in [5.41, 5.74) is 0.892. The van der Waals surface area contributed by atoms with Gasteiger partial charge in [-0.2, -0.15) is 0 Å². The third kappa shape index (κ3) is 6.91. The van der Waals surface area contributed by atoms with Crippen molar-refractivity contribution in [2.24, 2.45) is 0 Å². The fourth-order valence-corrected chi connectivity index (χ4v) is 6.61. The van der Waals surface area contributed by atoms with Crippen molar-refractivity contribution in [1.29, 1.82) is 0 Å². The molecule has 0 amide bonds. The van der Waals surface area contributed by atoms with Gasteiger partial charge < -0.3 is 19.9 Å². The van der Waals surface area contributed by atoms with Gasteiger partial charge in [-0.15, -0.1) is 0 Å². The number of sulfonamides is 1. The molecule has 0 spiro atoms. The molecular weight excluding hydrogens is 593 g/mol. The molecule has 0 aliphatic carbocycles. The standard InChI is InChI=1S/C27H27Cl2N5O6S/c28-19-12-20(29)14-22(13-19)41(37,38)34(17-26(35)36)21-4-5-23-18(11-21)6-8-33(23)25-16-31-24(15-32-25)30-7-10-40-27-3-1-2-9-39-27/h4-6,8,11-16,27H,1-3,7,9-10,17H2,(H,30,31)(H,35,36). The van der Waals surface area contributed by atoms with Crippen LogP contribution < -0.4 is 9.62 Å². The van der Waals surface area contributed by atoms with Crippen LogP contribution in [0.5, 0.6) is 0 Å². The van der Waals surface area contributed by atoms with Crippen LogP contribution in [0.1, 0.15) is 19.3 Å². The Labute approximate surface area is 246 Å². The second kappa shape index (κ2) is 12.6. The monoisotopic (exact) mass is 619 g/mol. The highest BCUT2D eigenvalue weighted by Gasteiger charge is 2.28. The highest BCUT2D eigenvalue weighted by Crippen LogP contribution is 2.31. The van der Waals surface area contributed by atoms with E-state index in [0.29, 0.717) is 30.2 Å². The van der Waals surface area contributed by atoms with Crippen LogP contribution in [0.3, 0.4) is 0 Å². The van der Waals surface area contributed by atoms with E-state index in [1.54, 1.807) is 41.4 Å². The summed E-state index contributed by atoms with van der Waals surface area (Å²) in [6, 6.07) is 10.4. The molecule has 0 bridgehead atoms. The number of benzene rings is 2. The van der Waals surface area contributed by atoms with E-state index in [0.717, 1.165) is 35.7 Å². The van der Waals surface area contributed by atoms with Gasteiger partial charge in [0.15, 0.2) is 12.1 Å². The highest BCUT2D eigenvalue weighted by atomic mass is 35.5. The number of aliphatic carboxylic acids is 1. The van der Waals surface area contributed by atoms with Crippen LogP contribution in [0, 0.1) is 0 Å². The van der Waals surface area contributed by atoms with Gasteiger partial charge in [0.2, 0.25) is 0 Å². The number of ether oxygens (including phenoxy) is 2. The highest BCUT2D eigenvalue weighted by molar-refractivity contribution is 7.92. The number of hydrogen-bond acceptors (Lipinski definition) is 8. The van der Waals surface area contributed by atoms with Crippen molar-refractivity contribution in [3.63, 3.8) is 0 Å². The van der Waals surface area contributed by atoms with Crippen molar-refractivity contribution in [1.82, 2.24) is 14.5 Å². The Morgan fingerprint density at radius 1 is 1.12 bits per heavy atom. The average molecular weight is 621 g/mol. The Hall–Kier alpha value is -3.42. The molecule has 1 atom stereocenters. The first-order chi connectivity index (χ1) is 19.7. The summed E-state index contributed by atoms with van der Waals surface area (Å²) in [6.07, 6.45) is 7.95. The number of fused-ring (bicyclic) bond motifs is 1. The Morgan fingerprint density at radius 3 is 2.61 bits per heavy atom. The molecule has 2 N–H and O–H groups in total. The van der Waals surface area contributed by atoms with Gasteiger partial charge in [-0.3, -0.25) is 13.7 Å². The fraction of sp³-hybridized carbons (Fsp3) is 0.296. The molecule has 1 aliphatic rings. The Morgan fingerprint density at radius 2 is 1.93 bits per heavy atom. The molecule has 1 saturated heterocycles. The zero-order valence-electron chi connectivity index (χ0n) is 21.7. The van der Waals surface area contributed by atoms with Gasteiger partial charge in [0, 0.05) is 34.8 Å². The molecule has 0 radical (unpaired) electrons. The van der Waals surface area contributed by atoms with Gasteiger partial charge in [0.05, 0.1) is 35.1 Å². The van der Waals surface area contributed by atoms with Crippen LogP contribution in [0.15, 0.2) is 66.0 Å². The molecule has 1 aliphatic heterocycles. The lowest BCUT2D eigenvalue weighted by Crippen LogP contribution is -2.35. The molecular formula is C27H27Cl2N5O6S. The van der Waals surface area contributed by atoms with E-state index in [1.165, 1.54) is 24.3 Å². The van der Waals surface area contributed by atoms with Crippen molar-refractivity contribution in [2.45, 2.75) is 30.4 Å². The average Bonchev–Trinajstić information content (AvgIpc) is 3.37. The number of rotatable bonds is 11. The Balaban J connectivity index is 1.33. The minimum Gasteiger partial charge on any atom is -0.480 e. The molecule has 14 heteroatoms. The predicted octanol–water partition coefficient (Wildman–Crippen LogP) is 4.96. The van der Waals surface area contributed by atoms with Crippen LogP contribution in [-0.2, 0) is 24.3 Å². The smallest absolute Gasteiger partial charge is 0.324 e. The number of carboxylic acid groups (broad SMARTS) is 1. The maximum Gasteiger partial charge on any atom is 0.324 e. The number of aromatic nitrogens is 3. The number of halogens is 2. The van der Waals surface area contributed by atoms with Crippen molar-refractivity contribution in [3.8, 4) is 5.82 Å². The molecule has 41 heavy (non-hydrogen) atoms. The van der Waals surface area contributed by atoms with E-state index in [9.17, 15) is 18.3 Å². The molecule has 11 nitrogen and oxygen atoms in total. The largest absolute Gasteiger partial charge is 0.480 e. The van der Waals surface area contributed by atoms with E-state index in [-0.39, 0.29) is 26.9 Å². The number of carbonyl (C=O) groups is 1. The molecule has 1 fully saturated rings. The number of nitrogens with one attached hydrogen (secondary N) is 1. The summed E-state index contributed by atoms with van der Waals surface area (Å²) in [7, 11) is -4.30. The van der Waals surface area contributed by atoms with E-state index in [1.807, 2.05) is 0 Å². The minimum absolute atomic E-state index is 0.114. The van der Waals surface area contributed by atoms with Crippen molar-refractivity contribution >= 4 is 61.6 Å². The molecule has 2 aromatic heterocycles. The fourth-order valence-electron chi connectivity index (χ4n) is 4.48. The second-order valence-corrected chi connectivity index (χ2v) is 12.0. The third-order valence-electron chi connectivity index (χ3n) is 6.40. The van der Waals surface area contributed by atoms with Gasteiger partial charge >= 0.3 is 5.97 Å². The summed E-state index contributed by atoms with van der Waals surface area (Å²) >= 11 is 12.0. The van der Waals surface area contributed by atoms with Gasteiger partial charge in [-0.1, -0.05) is 23.2 Å². The summed E-state index contributed by atoms with van der Waals surface area (Å²) < 4.78 is 40.8. The van der Waals surface area contributed by atoms with Crippen molar-refractivity contribution < 1.29 is 27.8 Å². The zero-order valence-corrected chi connectivity index (χ0v) is 24.1. The van der Waals surface area contributed by atoms with E-state index < -0.39 is 22.5 Å². The van der Waals surface area contributed by atoms with Crippen molar-refractivity contribution in [3.05, 3.63) is 71.1 Å². The minimum atomic E-state index is -4.30. The van der Waals surface area contributed by atoms with Gasteiger partial charge in [-0.05, 0) is 61.7 Å². The lowest BCUT2D eigenvalue weighted by Gasteiger charge is -2.23. The Bertz CT molecular complexity index is 1620. The van der Waals surface area contributed by atoms with Crippen LogP contribution in [0.2, 0.25) is 10.0 Å². The first-order valence-electron chi connectivity index (χ1n) is 12.8. The molecule has 3 heterocycles. The first-order valence-corrected chi connectivity index (χ1v) is 15.0. The lowest BCUT2D eigenvalue weighted by molar-refractivity contribution is -0.159. The number of carboxylic acids is 1.